The summed E-state index contributed by atoms with van der Waals surface area (Å²) in [5.41, 5.74) is 0.206. The summed E-state index contributed by atoms with van der Waals surface area (Å²) in [6.45, 7) is 1.30. The summed E-state index contributed by atoms with van der Waals surface area (Å²) in [5, 5.41) is 0. The molecule has 6 heteroatoms. The molecule has 4 nitrogen and oxygen atoms in total. The summed E-state index contributed by atoms with van der Waals surface area (Å²) in [4.78, 5) is 24.2. The Balaban J connectivity index is 1.88. The number of rotatable bonds is 3. The van der Waals surface area contributed by atoms with Gasteiger partial charge in [-0.05, 0) is 37.8 Å². The van der Waals surface area contributed by atoms with Crippen LogP contribution in [-0.2, 0) is 9.53 Å². The maximum absolute atomic E-state index is 14.4. The van der Waals surface area contributed by atoms with Gasteiger partial charge in [0.15, 0.2) is 11.9 Å². The number of ketones is 1. The van der Waals surface area contributed by atoms with Crippen molar-refractivity contribution < 1.29 is 23.1 Å². The number of ether oxygens (including phenoxy) is 1. The molecule has 1 aromatic carbocycles. The van der Waals surface area contributed by atoms with Crippen LogP contribution in [-0.4, -0.2) is 24.5 Å². The maximum atomic E-state index is 14.4. The second-order valence-electron chi connectivity index (χ2n) is 6.25. The van der Waals surface area contributed by atoms with Gasteiger partial charge in [-0.2, -0.15) is 0 Å². The van der Waals surface area contributed by atoms with Crippen LogP contribution in [0.25, 0.3) is 0 Å². The molecule has 2 fully saturated rings. The molecule has 3 rings (SSSR count). The number of nitrogens with zero attached hydrogens (tertiary/aromatic N) is 1. The van der Waals surface area contributed by atoms with Gasteiger partial charge in [0.25, 0.3) is 0 Å². The van der Waals surface area contributed by atoms with E-state index in [0.29, 0.717) is 0 Å². The van der Waals surface area contributed by atoms with Crippen LogP contribution in [0.2, 0.25) is 0 Å². The van der Waals surface area contributed by atoms with E-state index >= 15 is 0 Å². The number of benzene rings is 1. The van der Waals surface area contributed by atoms with Crippen molar-refractivity contribution in [2.45, 2.75) is 51.0 Å². The average molecular weight is 323 g/mol. The van der Waals surface area contributed by atoms with Crippen LogP contribution in [0.3, 0.4) is 0 Å². The van der Waals surface area contributed by atoms with E-state index in [1.54, 1.807) is 0 Å². The highest BCUT2D eigenvalue weighted by atomic mass is 19.1. The van der Waals surface area contributed by atoms with E-state index in [0.717, 1.165) is 49.1 Å². The Bertz CT molecular complexity index is 618. The number of hydrogen-bond donors (Lipinski definition) is 0. The van der Waals surface area contributed by atoms with Gasteiger partial charge in [-0.15, -0.1) is 0 Å². The van der Waals surface area contributed by atoms with E-state index in [1.807, 2.05) is 0 Å². The normalized spacial score (nSPS) is 22.3. The molecule has 2 aliphatic rings. The van der Waals surface area contributed by atoms with Gasteiger partial charge in [0.05, 0.1) is 12.2 Å². The van der Waals surface area contributed by atoms with Crippen LogP contribution < -0.4 is 4.90 Å². The highest BCUT2D eigenvalue weighted by Crippen LogP contribution is 2.37. The molecule has 1 saturated carbocycles. The quantitative estimate of drug-likeness (QED) is 0.847. The monoisotopic (exact) mass is 323 g/mol. The van der Waals surface area contributed by atoms with E-state index in [2.05, 4.69) is 0 Å². The van der Waals surface area contributed by atoms with Gasteiger partial charge in [-0.1, -0.05) is 19.3 Å². The van der Waals surface area contributed by atoms with Crippen molar-refractivity contribution in [2.24, 2.45) is 0 Å². The molecule has 0 bridgehead atoms. The van der Waals surface area contributed by atoms with Gasteiger partial charge in [0.2, 0.25) is 0 Å². The SMILES string of the molecule is CC(=O)[C@H]1CN(c2cc(F)c(C3CCCCC3)c(F)c2)C(=O)O1. The van der Waals surface area contributed by atoms with Crippen molar-refractivity contribution in [1.82, 2.24) is 0 Å². The number of Topliss-reactive ketones (excluding diaryl/α,β-unsaturated/α-hetero) is 1. The predicted octanol–water partition coefficient (Wildman–Crippen LogP) is 3.93. The third-order valence-corrected chi connectivity index (χ3v) is 4.65. The van der Waals surface area contributed by atoms with Crippen molar-refractivity contribution in [1.29, 1.82) is 0 Å². The van der Waals surface area contributed by atoms with Crippen molar-refractivity contribution >= 4 is 17.6 Å². The maximum Gasteiger partial charge on any atom is 0.415 e. The molecule has 1 atom stereocenters. The molecule has 124 valence electrons. The number of amides is 1. The molecule has 1 heterocycles. The van der Waals surface area contributed by atoms with Gasteiger partial charge in [0, 0.05) is 5.56 Å². The molecule has 0 spiro atoms. The van der Waals surface area contributed by atoms with Crippen LogP contribution >= 0.6 is 0 Å². The molecule has 0 unspecified atom stereocenters. The first-order valence-corrected chi connectivity index (χ1v) is 7.95. The highest BCUT2D eigenvalue weighted by molar-refractivity contribution is 5.95. The van der Waals surface area contributed by atoms with E-state index in [4.69, 9.17) is 4.74 Å². The summed E-state index contributed by atoms with van der Waals surface area (Å²) in [7, 11) is 0. The van der Waals surface area contributed by atoms with E-state index < -0.39 is 23.8 Å². The fourth-order valence-corrected chi connectivity index (χ4v) is 3.39. The first-order chi connectivity index (χ1) is 11.0. The van der Waals surface area contributed by atoms with Gasteiger partial charge >= 0.3 is 6.09 Å². The number of carbonyl (C=O) groups excluding carboxylic acids is 2. The number of hydrogen-bond acceptors (Lipinski definition) is 3. The Morgan fingerprint density at radius 2 is 1.78 bits per heavy atom. The fourth-order valence-electron chi connectivity index (χ4n) is 3.39. The Morgan fingerprint density at radius 1 is 1.17 bits per heavy atom. The number of carbonyl (C=O) groups is 2. The van der Waals surface area contributed by atoms with Crippen LogP contribution in [0.5, 0.6) is 0 Å². The zero-order chi connectivity index (χ0) is 16.6. The molecule has 0 N–H and O–H groups in total. The average Bonchev–Trinajstić information content (AvgIpc) is 2.90. The topological polar surface area (TPSA) is 46.6 Å². The smallest absolute Gasteiger partial charge is 0.415 e. The molecule has 1 aromatic rings. The molecule has 23 heavy (non-hydrogen) atoms. The number of halogens is 2. The summed E-state index contributed by atoms with van der Waals surface area (Å²) in [5.74, 6) is -1.66. The van der Waals surface area contributed by atoms with Gasteiger partial charge < -0.3 is 4.74 Å². The van der Waals surface area contributed by atoms with E-state index in [-0.39, 0.29) is 29.5 Å². The molecular weight excluding hydrogens is 304 g/mol. The van der Waals surface area contributed by atoms with Gasteiger partial charge in [-0.25, -0.2) is 13.6 Å². The largest absolute Gasteiger partial charge is 0.436 e. The molecule has 0 aromatic heterocycles. The summed E-state index contributed by atoms with van der Waals surface area (Å²) in [6.07, 6.45) is 2.98. The van der Waals surface area contributed by atoms with E-state index in [9.17, 15) is 18.4 Å². The highest BCUT2D eigenvalue weighted by Gasteiger charge is 2.36. The molecule has 1 aliphatic heterocycles. The minimum Gasteiger partial charge on any atom is -0.436 e. The first kappa shape index (κ1) is 15.9. The second kappa shape index (κ2) is 6.26. The Morgan fingerprint density at radius 3 is 2.30 bits per heavy atom. The first-order valence-electron chi connectivity index (χ1n) is 7.95. The molecule has 1 amide bonds. The second-order valence-corrected chi connectivity index (χ2v) is 6.25. The van der Waals surface area contributed by atoms with Crippen molar-refractivity contribution in [3.63, 3.8) is 0 Å². The Labute approximate surface area is 133 Å². The number of cyclic esters (lactones) is 1. The predicted molar refractivity (Wildman–Crippen MR) is 80.5 cm³/mol. The third kappa shape index (κ3) is 3.07. The van der Waals surface area contributed by atoms with Crippen LogP contribution in [0.15, 0.2) is 12.1 Å². The van der Waals surface area contributed by atoms with E-state index in [1.165, 1.54) is 6.92 Å². The van der Waals surface area contributed by atoms with Crippen molar-refractivity contribution in [2.75, 3.05) is 11.4 Å². The molecular formula is C17H19F2NO3. The standard InChI is InChI=1S/C17H19F2NO3/c1-10(21)15-9-20(17(22)23-15)12-7-13(18)16(14(19)8-12)11-5-3-2-4-6-11/h7-8,11,15H,2-6,9H2,1H3/t15-/m1/s1. The fraction of sp³-hybridized carbons (Fsp3) is 0.529. The Kier molecular flexibility index (Phi) is 4.33. The number of anilines is 1. The van der Waals surface area contributed by atoms with Crippen LogP contribution in [0.4, 0.5) is 19.3 Å². The van der Waals surface area contributed by atoms with Gasteiger partial charge in [-0.3, -0.25) is 9.69 Å². The lowest BCUT2D eigenvalue weighted by Gasteiger charge is -2.24. The molecule has 0 radical (unpaired) electrons. The van der Waals surface area contributed by atoms with Gasteiger partial charge in [0.1, 0.15) is 11.6 Å². The lowest BCUT2D eigenvalue weighted by atomic mass is 9.83. The third-order valence-electron chi connectivity index (χ3n) is 4.65. The Hall–Kier alpha value is -1.98. The minimum absolute atomic E-state index is 0.0180. The molecule has 1 aliphatic carbocycles. The van der Waals surface area contributed by atoms with Crippen molar-refractivity contribution in [3.05, 3.63) is 29.3 Å². The summed E-state index contributed by atoms with van der Waals surface area (Å²) >= 11 is 0. The van der Waals surface area contributed by atoms with Crippen LogP contribution in [0.1, 0.15) is 50.5 Å². The zero-order valence-electron chi connectivity index (χ0n) is 13.0. The zero-order valence-corrected chi connectivity index (χ0v) is 13.0. The summed E-state index contributed by atoms with van der Waals surface area (Å²) < 4.78 is 33.8. The van der Waals surface area contributed by atoms with Crippen molar-refractivity contribution in [3.8, 4) is 0 Å². The lowest BCUT2D eigenvalue weighted by molar-refractivity contribution is -0.123. The van der Waals surface area contributed by atoms with Crippen LogP contribution in [0, 0.1) is 11.6 Å². The lowest BCUT2D eigenvalue weighted by Crippen LogP contribution is -2.27. The minimum atomic E-state index is -0.883. The molecule has 1 saturated heterocycles. The summed E-state index contributed by atoms with van der Waals surface area (Å²) in [6, 6.07) is 2.33.